The summed E-state index contributed by atoms with van der Waals surface area (Å²) in [6, 6.07) is 8.17. The van der Waals surface area contributed by atoms with Crippen molar-refractivity contribution in [3.63, 3.8) is 0 Å². The number of hydrogen-bond donors (Lipinski definition) is 0. The molecule has 0 saturated heterocycles. The summed E-state index contributed by atoms with van der Waals surface area (Å²) >= 11 is 3.26. The van der Waals surface area contributed by atoms with Crippen LogP contribution in [0.25, 0.3) is 0 Å². The third kappa shape index (κ3) is 2.98. The second-order valence-corrected chi connectivity index (χ2v) is 4.72. The number of ether oxygens (including phenoxy) is 1. The molecular formula is C14H11BrFNO2. The van der Waals surface area contributed by atoms with Crippen LogP contribution in [0.5, 0.6) is 5.75 Å². The maximum Gasteiger partial charge on any atom is 0.186 e. The molecule has 0 fully saturated rings. The fraction of sp³-hybridized carbons (Fsp3) is 0.143. The van der Waals surface area contributed by atoms with Crippen LogP contribution in [0.3, 0.4) is 0 Å². The first-order valence-corrected chi connectivity index (χ1v) is 6.38. The third-order valence-electron chi connectivity index (χ3n) is 2.64. The van der Waals surface area contributed by atoms with Crippen LogP contribution >= 0.6 is 15.9 Å². The lowest BCUT2D eigenvalue weighted by Gasteiger charge is -2.07. The number of carbonyl (C=O) groups excluding carboxylic acids is 1. The number of aromatic nitrogens is 1. The summed E-state index contributed by atoms with van der Waals surface area (Å²) in [7, 11) is 1.39. The molecule has 0 radical (unpaired) electrons. The Labute approximate surface area is 118 Å². The van der Waals surface area contributed by atoms with Gasteiger partial charge in [0.1, 0.15) is 5.69 Å². The predicted molar refractivity (Wildman–Crippen MR) is 72.9 cm³/mol. The van der Waals surface area contributed by atoms with Gasteiger partial charge in [0.2, 0.25) is 0 Å². The topological polar surface area (TPSA) is 39.2 Å². The summed E-state index contributed by atoms with van der Waals surface area (Å²) in [5.74, 6) is -0.629. The van der Waals surface area contributed by atoms with Gasteiger partial charge >= 0.3 is 0 Å². The first-order valence-electron chi connectivity index (χ1n) is 5.58. The summed E-state index contributed by atoms with van der Waals surface area (Å²) < 4.78 is 19.4. The van der Waals surface area contributed by atoms with Crippen molar-refractivity contribution in [1.82, 2.24) is 4.98 Å². The van der Waals surface area contributed by atoms with Crippen molar-refractivity contribution < 1.29 is 13.9 Å². The van der Waals surface area contributed by atoms with Crippen LogP contribution in [-0.2, 0) is 6.42 Å². The number of benzene rings is 1. The molecular weight excluding hydrogens is 313 g/mol. The van der Waals surface area contributed by atoms with Gasteiger partial charge in [-0.25, -0.2) is 4.39 Å². The smallest absolute Gasteiger partial charge is 0.186 e. The maximum atomic E-state index is 13.9. The molecule has 0 atom stereocenters. The molecule has 19 heavy (non-hydrogen) atoms. The Morgan fingerprint density at radius 2 is 2.16 bits per heavy atom. The van der Waals surface area contributed by atoms with E-state index in [4.69, 9.17) is 4.74 Å². The third-order valence-corrected chi connectivity index (χ3v) is 3.28. The van der Waals surface area contributed by atoms with Gasteiger partial charge in [0.05, 0.1) is 7.11 Å². The number of pyridine rings is 1. The Kier molecular flexibility index (Phi) is 4.27. The first-order chi connectivity index (χ1) is 9.13. The van der Waals surface area contributed by atoms with Gasteiger partial charge in [-0.2, -0.15) is 0 Å². The lowest BCUT2D eigenvalue weighted by atomic mass is 10.1. The van der Waals surface area contributed by atoms with Gasteiger partial charge in [-0.15, -0.1) is 0 Å². The molecule has 1 heterocycles. The van der Waals surface area contributed by atoms with Crippen LogP contribution in [0.2, 0.25) is 0 Å². The number of halogens is 2. The molecule has 0 unspecified atom stereocenters. The number of nitrogens with zero attached hydrogens (tertiary/aromatic N) is 1. The van der Waals surface area contributed by atoms with E-state index in [0.717, 1.165) is 0 Å². The fourth-order valence-electron chi connectivity index (χ4n) is 1.70. The predicted octanol–water partition coefficient (Wildman–Crippen LogP) is 3.42. The zero-order valence-electron chi connectivity index (χ0n) is 10.2. The fourth-order valence-corrected chi connectivity index (χ4v) is 2.17. The first kappa shape index (κ1) is 13.7. The molecule has 2 rings (SSSR count). The van der Waals surface area contributed by atoms with E-state index in [1.54, 1.807) is 24.3 Å². The van der Waals surface area contributed by atoms with Crippen molar-refractivity contribution in [2.45, 2.75) is 6.42 Å². The van der Waals surface area contributed by atoms with Crippen molar-refractivity contribution in [3.8, 4) is 5.75 Å². The van der Waals surface area contributed by atoms with Crippen LogP contribution in [0.15, 0.2) is 41.0 Å². The SMILES string of the molecule is COc1cccc(CC(=O)c2ncccc2Br)c1F. The molecule has 98 valence electrons. The van der Waals surface area contributed by atoms with E-state index in [1.807, 2.05) is 0 Å². The Bertz CT molecular complexity index is 616. The van der Waals surface area contributed by atoms with Crippen molar-refractivity contribution in [2.75, 3.05) is 7.11 Å². The molecule has 0 aliphatic carbocycles. The monoisotopic (exact) mass is 323 g/mol. The van der Waals surface area contributed by atoms with E-state index in [9.17, 15) is 9.18 Å². The van der Waals surface area contributed by atoms with Gasteiger partial charge in [-0.1, -0.05) is 12.1 Å². The van der Waals surface area contributed by atoms with E-state index >= 15 is 0 Å². The van der Waals surface area contributed by atoms with Gasteiger partial charge in [-0.3, -0.25) is 9.78 Å². The highest BCUT2D eigenvalue weighted by molar-refractivity contribution is 9.10. The summed E-state index contributed by atoms with van der Waals surface area (Å²) in [6.45, 7) is 0. The molecule has 0 aliphatic rings. The van der Waals surface area contributed by atoms with E-state index in [2.05, 4.69) is 20.9 Å². The minimum atomic E-state index is -0.509. The Balaban J connectivity index is 2.27. The lowest BCUT2D eigenvalue weighted by Crippen LogP contribution is -2.08. The lowest BCUT2D eigenvalue weighted by molar-refractivity contribution is 0.0986. The molecule has 0 saturated carbocycles. The van der Waals surface area contributed by atoms with E-state index in [1.165, 1.54) is 19.4 Å². The van der Waals surface area contributed by atoms with Crippen molar-refractivity contribution >= 4 is 21.7 Å². The highest BCUT2D eigenvalue weighted by atomic mass is 79.9. The van der Waals surface area contributed by atoms with Crippen molar-refractivity contribution in [2.24, 2.45) is 0 Å². The number of ketones is 1. The number of hydrogen-bond acceptors (Lipinski definition) is 3. The maximum absolute atomic E-state index is 13.9. The Morgan fingerprint density at radius 1 is 1.37 bits per heavy atom. The summed E-state index contributed by atoms with van der Waals surface area (Å²) in [6.07, 6.45) is 1.47. The van der Waals surface area contributed by atoms with Gasteiger partial charge in [0.25, 0.3) is 0 Å². The molecule has 0 bridgehead atoms. The minimum Gasteiger partial charge on any atom is -0.494 e. The molecule has 1 aromatic heterocycles. The zero-order valence-corrected chi connectivity index (χ0v) is 11.8. The number of Topliss-reactive ketones (excluding diaryl/α,β-unsaturated/α-hetero) is 1. The number of carbonyl (C=O) groups is 1. The molecule has 1 aromatic carbocycles. The number of methoxy groups -OCH3 is 1. The standard InChI is InChI=1S/C14H11BrFNO2/c1-19-12-6-2-4-9(13(12)16)8-11(18)14-10(15)5-3-7-17-14/h2-7H,8H2,1H3. The van der Waals surface area contributed by atoms with Crippen LogP contribution < -0.4 is 4.74 Å². The second kappa shape index (κ2) is 5.93. The van der Waals surface area contributed by atoms with E-state index in [-0.39, 0.29) is 18.0 Å². The molecule has 5 heteroatoms. The summed E-state index contributed by atoms with van der Waals surface area (Å²) in [5, 5.41) is 0. The molecule has 0 amide bonds. The van der Waals surface area contributed by atoms with Gasteiger partial charge in [0, 0.05) is 17.1 Å². The van der Waals surface area contributed by atoms with Gasteiger partial charge < -0.3 is 4.74 Å². The highest BCUT2D eigenvalue weighted by Crippen LogP contribution is 2.22. The van der Waals surface area contributed by atoms with Gasteiger partial charge in [0.15, 0.2) is 17.3 Å². The van der Waals surface area contributed by atoms with Gasteiger partial charge in [-0.05, 0) is 39.7 Å². The largest absolute Gasteiger partial charge is 0.494 e. The van der Waals surface area contributed by atoms with Crippen LogP contribution in [0.4, 0.5) is 4.39 Å². The number of rotatable bonds is 4. The summed E-state index contributed by atoms with van der Waals surface area (Å²) in [5.41, 5.74) is 0.589. The van der Waals surface area contributed by atoms with Crippen LogP contribution in [0.1, 0.15) is 16.1 Å². The Morgan fingerprint density at radius 3 is 2.84 bits per heavy atom. The quantitative estimate of drug-likeness (QED) is 0.809. The molecule has 0 spiro atoms. The zero-order chi connectivity index (χ0) is 13.8. The second-order valence-electron chi connectivity index (χ2n) is 3.87. The summed E-state index contributed by atoms with van der Waals surface area (Å²) in [4.78, 5) is 16.1. The average Bonchev–Trinajstić information content (AvgIpc) is 2.41. The molecule has 0 N–H and O–H groups in total. The normalized spacial score (nSPS) is 10.3. The highest BCUT2D eigenvalue weighted by Gasteiger charge is 2.16. The average molecular weight is 324 g/mol. The molecule has 0 aliphatic heterocycles. The Hall–Kier alpha value is -1.75. The van der Waals surface area contributed by atoms with Crippen molar-refractivity contribution in [1.29, 1.82) is 0 Å². The molecule has 2 aromatic rings. The van der Waals surface area contributed by atoms with Crippen LogP contribution in [-0.4, -0.2) is 17.9 Å². The van der Waals surface area contributed by atoms with E-state index in [0.29, 0.717) is 15.7 Å². The van der Waals surface area contributed by atoms with Crippen LogP contribution in [0, 0.1) is 5.82 Å². The van der Waals surface area contributed by atoms with Crippen molar-refractivity contribution in [3.05, 3.63) is 58.1 Å². The molecule has 3 nitrogen and oxygen atoms in total. The minimum absolute atomic E-state index is 0.0569. The van der Waals surface area contributed by atoms with E-state index < -0.39 is 5.82 Å².